The highest BCUT2D eigenvalue weighted by atomic mass is 32.2. The fourth-order valence-electron chi connectivity index (χ4n) is 2.62. The topological polar surface area (TPSA) is 71.2 Å². The molecule has 1 aliphatic rings. The maximum Gasteiger partial charge on any atom is 0.348 e. The molecule has 0 amide bonds. The van der Waals surface area contributed by atoms with Crippen molar-refractivity contribution in [1.82, 2.24) is 0 Å². The molecule has 0 fully saturated rings. The molecular formula is C22H20N2O3S2. The number of aliphatic hydroxyl groups excluding tert-OH is 1. The number of ether oxygens (including phenoxy) is 1. The van der Waals surface area contributed by atoms with E-state index in [1.54, 1.807) is 6.92 Å². The van der Waals surface area contributed by atoms with E-state index in [0.717, 1.165) is 34.3 Å². The van der Waals surface area contributed by atoms with Gasteiger partial charge in [-0.05, 0) is 44.0 Å². The maximum absolute atomic E-state index is 12.3. The number of esters is 1. The molecule has 0 atom stereocenters. The van der Waals surface area contributed by atoms with E-state index in [2.05, 4.69) is 4.99 Å². The van der Waals surface area contributed by atoms with Crippen LogP contribution in [0.3, 0.4) is 0 Å². The maximum atomic E-state index is 12.3. The first-order valence-electron chi connectivity index (χ1n) is 9.04. The molecule has 0 aliphatic carbocycles. The molecule has 29 heavy (non-hydrogen) atoms. The highest BCUT2D eigenvalue weighted by Crippen LogP contribution is 2.33. The number of rotatable bonds is 4. The summed E-state index contributed by atoms with van der Waals surface area (Å²) in [5.41, 5.74) is 3.74. The first-order valence-corrected chi connectivity index (χ1v) is 10.3. The second-order valence-electron chi connectivity index (χ2n) is 6.28. The van der Waals surface area contributed by atoms with Crippen LogP contribution in [0.4, 0.5) is 11.4 Å². The molecule has 2 aromatic rings. The van der Waals surface area contributed by atoms with E-state index in [0.29, 0.717) is 10.8 Å². The minimum Gasteiger partial charge on any atom is -0.505 e. The van der Waals surface area contributed by atoms with Gasteiger partial charge in [0.1, 0.15) is 20.5 Å². The van der Waals surface area contributed by atoms with Gasteiger partial charge in [0.25, 0.3) is 0 Å². The number of hydrogen-bond acceptors (Lipinski definition) is 7. The van der Waals surface area contributed by atoms with Gasteiger partial charge in [0.2, 0.25) is 0 Å². The molecule has 0 aromatic heterocycles. The van der Waals surface area contributed by atoms with E-state index in [4.69, 9.17) is 21.9 Å². The minimum atomic E-state index is -0.634. The summed E-state index contributed by atoms with van der Waals surface area (Å²) in [4.78, 5) is 21.8. The highest BCUT2D eigenvalue weighted by Gasteiger charge is 2.33. The molecule has 5 nitrogen and oxygen atoms in total. The predicted molar refractivity (Wildman–Crippen MR) is 123 cm³/mol. The number of aryl methyl sites for hydroxylation is 2. The molecule has 0 radical (unpaired) electrons. The van der Waals surface area contributed by atoms with E-state index in [9.17, 15) is 9.90 Å². The van der Waals surface area contributed by atoms with Crippen LogP contribution >= 0.6 is 24.0 Å². The SMILES string of the molecule is CCOC(=O)C1=C(O)C(=S)C(=Nc2ccccc2C)C(=Nc2ccccc2C)S1. The molecule has 7 heteroatoms. The van der Waals surface area contributed by atoms with Crippen molar-refractivity contribution in [3.8, 4) is 0 Å². The monoisotopic (exact) mass is 424 g/mol. The summed E-state index contributed by atoms with van der Waals surface area (Å²) in [6.07, 6.45) is 0. The van der Waals surface area contributed by atoms with Crippen LogP contribution in [-0.4, -0.2) is 33.3 Å². The fourth-order valence-corrected chi connectivity index (χ4v) is 3.92. The lowest BCUT2D eigenvalue weighted by Gasteiger charge is -2.19. The number of carbonyl (C=O) groups excluding carboxylic acids is 1. The number of thiocarbonyl (C=S) groups is 1. The number of aliphatic hydroxyl groups is 1. The lowest BCUT2D eigenvalue weighted by molar-refractivity contribution is -0.137. The van der Waals surface area contributed by atoms with Crippen molar-refractivity contribution in [2.24, 2.45) is 9.98 Å². The third-order valence-electron chi connectivity index (χ3n) is 4.19. The standard InChI is InChI=1S/C22H20N2O3S2/c1-4-27-22(26)20-18(25)19(28)17(23-15-11-7-5-9-13(15)2)21(29-20)24-16-12-8-6-10-14(16)3/h5-12,25H,4H2,1-3H3. The van der Waals surface area contributed by atoms with E-state index in [1.807, 2.05) is 62.4 Å². The zero-order valence-electron chi connectivity index (χ0n) is 16.3. The molecule has 0 saturated heterocycles. The molecule has 0 spiro atoms. The van der Waals surface area contributed by atoms with Crippen molar-refractivity contribution in [3.05, 3.63) is 70.3 Å². The predicted octanol–water partition coefficient (Wildman–Crippen LogP) is 5.56. The summed E-state index contributed by atoms with van der Waals surface area (Å²) in [5.74, 6) is -0.940. The van der Waals surface area contributed by atoms with E-state index in [-0.39, 0.29) is 22.1 Å². The van der Waals surface area contributed by atoms with Crippen molar-refractivity contribution in [1.29, 1.82) is 0 Å². The van der Waals surface area contributed by atoms with Crippen LogP contribution in [0.1, 0.15) is 18.1 Å². The fraction of sp³-hybridized carbons (Fsp3) is 0.182. The molecule has 3 rings (SSSR count). The summed E-state index contributed by atoms with van der Waals surface area (Å²) >= 11 is 6.47. The average Bonchev–Trinajstić information content (AvgIpc) is 2.70. The summed E-state index contributed by atoms with van der Waals surface area (Å²) in [5, 5.41) is 11.0. The number of nitrogens with zero attached hydrogens (tertiary/aromatic N) is 2. The Bertz CT molecular complexity index is 1070. The Balaban J connectivity index is 2.18. The Morgan fingerprint density at radius 3 is 2.14 bits per heavy atom. The van der Waals surface area contributed by atoms with Gasteiger partial charge in [-0.3, -0.25) is 0 Å². The Kier molecular flexibility index (Phi) is 6.61. The summed E-state index contributed by atoms with van der Waals surface area (Å²) in [6, 6.07) is 15.2. The van der Waals surface area contributed by atoms with Crippen molar-refractivity contribution in [3.63, 3.8) is 0 Å². The van der Waals surface area contributed by atoms with Gasteiger partial charge in [-0.1, -0.05) is 60.4 Å². The van der Waals surface area contributed by atoms with Gasteiger partial charge in [-0.15, -0.1) is 0 Å². The molecule has 1 heterocycles. The summed E-state index contributed by atoms with van der Waals surface area (Å²) in [6.45, 7) is 5.78. The van der Waals surface area contributed by atoms with Crippen LogP contribution in [-0.2, 0) is 9.53 Å². The van der Waals surface area contributed by atoms with E-state index < -0.39 is 5.97 Å². The second-order valence-corrected chi connectivity index (χ2v) is 7.69. The number of benzene rings is 2. The molecule has 0 unspecified atom stereocenters. The Hall–Kier alpha value is -2.77. The van der Waals surface area contributed by atoms with Crippen molar-refractivity contribution < 1.29 is 14.6 Å². The number of allylic oxidation sites excluding steroid dienone is 1. The zero-order chi connectivity index (χ0) is 21.0. The van der Waals surface area contributed by atoms with Crippen molar-refractivity contribution >= 4 is 56.9 Å². The van der Waals surface area contributed by atoms with Gasteiger partial charge in [-0.25, -0.2) is 14.8 Å². The number of hydrogen-bond donors (Lipinski definition) is 1. The third-order valence-corrected chi connectivity index (χ3v) is 5.62. The Labute approximate surface area is 179 Å². The van der Waals surface area contributed by atoms with Crippen LogP contribution < -0.4 is 0 Å². The Morgan fingerprint density at radius 2 is 1.59 bits per heavy atom. The largest absolute Gasteiger partial charge is 0.505 e. The van der Waals surface area contributed by atoms with E-state index >= 15 is 0 Å². The first kappa shape index (κ1) is 21.0. The van der Waals surface area contributed by atoms with Gasteiger partial charge in [0, 0.05) is 0 Å². The average molecular weight is 425 g/mol. The second kappa shape index (κ2) is 9.15. The number of thioether (sulfide) groups is 1. The number of carbonyl (C=O) groups is 1. The number of aliphatic imine (C=N–C) groups is 2. The molecule has 1 aliphatic heterocycles. The van der Waals surface area contributed by atoms with Crippen LogP contribution in [0.25, 0.3) is 0 Å². The normalized spacial score (nSPS) is 17.1. The Morgan fingerprint density at radius 1 is 1.03 bits per heavy atom. The quantitative estimate of drug-likeness (QED) is 0.514. The zero-order valence-corrected chi connectivity index (χ0v) is 17.9. The van der Waals surface area contributed by atoms with Crippen LogP contribution in [0.2, 0.25) is 0 Å². The van der Waals surface area contributed by atoms with Crippen LogP contribution in [0, 0.1) is 13.8 Å². The third kappa shape index (κ3) is 4.63. The van der Waals surface area contributed by atoms with Gasteiger partial charge < -0.3 is 9.84 Å². The highest BCUT2D eigenvalue weighted by molar-refractivity contribution is 8.20. The number of para-hydroxylation sites is 2. The van der Waals surface area contributed by atoms with Crippen molar-refractivity contribution in [2.75, 3.05) is 6.61 Å². The molecular weight excluding hydrogens is 404 g/mol. The smallest absolute Gasteiger partial charge is 0.348 e. The molecule has 0 saturated carbocycles. The molecule has 2 aromatic carbocycles. The minimum absolute atomic E-state index is 0.0212. The lowest BCUT2D eigenvalue weighted by atomic mass is 10.1. The van der Waals surface area contributed by atoms with Gasteiger partial charge in [-0.2, -0.15) is 0 Å². The van der Waals surface area contributed by atoms with E-state index in [1.165, 1.54) is 0 Å². The summed E-state index contributed by atoms with van der Waals surface area (Å²) < 4.78 is 5.06. The van der Waals surface area contributed by atoms with Crippen LogP contribution in [0.5, 0.6) is 0 Å². The van der Waals surface area contributed by atoms with Gasteiger partial charge >= 0.3 is 5.97 Å². The summed E-state index contributed by atoms with van der Waals surface area (Å²) in [7, 11) is 0. The molecule has 0 bridgehead atoms. The first-order chi connectivity index (χ1) is 13.9. The molecule has 148 valence electrons. The van der Waals surface area contributed by atoms with Crippen LogP contribution in [0.15, 0.2) is 69.2 Å². The lowest BCUT2D eigenvalue weighted by Crippen LogP contribution is -2.29. The van der Waals surface area contributed by atoms with Gasteiger partial charge in [0.15, 0.2) is 5.76 Å². The van der Waals surface area contributed by atoms with Gasteiger partial charge in [0.05, 0.1) is 18.0 Å². The molecule has 1 N–H and O–H groups in total. The van der Waals surface area contributed by atoms with Crippen molar-refractivity contribution in [2.45, 2.75) is 20.8 Å².